The molecule has 1 aliphatic rings. The van der Waals surface area contributed by atoms with Gasteiger partial charge in [0.25, 0.3) is 5.91 Å². The van der Waals surface area contributed by atoms with Crippen LogP contribution < -0.4 is 5.32 Å². The van der Waals surface area contributed by atoms with Gasteiger partial charge in [0.05, 0.1) is 29.1 Å². The van der Waals surface area contributed by atoms with Crippen molar-refractivity contribution in [3.63, 3.8) is 0 Å². The number of fused-ring (bicyclic) bond motifs is 1. The number of ether oxygens (including phenoxy) is 2. The summed E-state index contributed by atoms with van der Waals surface area (Å²) in [4.78, 5) is 25.2. The Morgan fingerprint density at radius 3 is 2.94 bits per heavy atom. The van der Waals surface area contributed by atoms with E-state index in [9.17, 15) is 9.59 Å². The second-order valence-corrected chi connectivity index (χ2v) is 7.98. The molecule has 2 heterocycles. The average Bonchev–Trinajstić information content (AvgIpc) is 3.10. The molecule has 0 aliphatic carbocycles. The molecule has 168 valence electrons. The van der Waals surface area contributed by atoms with E-state index in [1.54, 1.807) is 25.1 Å². The van der Waals surface area contributed by atoms with Gasteiger partial charge < -0.3 is 14.8 Å². The van der Waals surface area contributed by atoms with Crippen LogP contribution in [-0.2, 0) is 28.9 Å². The zero-order chi connectivity index (χ0) is 22.2. The molecule has 31 heavy (non-hydrogen) atoms. The number of carbonyl (C=O) groups is 2. The Morgan fingerprint density at radius 1 is 1.32 bits per heavy atom. The highest BCUT2D eigenvalue weighted by Crippen LogP contribution is 2.20. The number of nitrogens with one attached hydrogen (secondary N) is 1. The van der Waals surface area contributed by atoms with Gasteiger partial charge in [0.2, 0.25) is 0 Å². The first-order valence-corrected chi connectivity index (χ1v) is 11.3. The summed E-state index contributed by atoms with van der Waals surface area (Å²) in [5, 5.41) is 8.21. The predicted octanol–water partition coefficient (Wildman–Crippen LogP) is 3.74. The number of hydrogen-bond donors (Lipinski definition) is 1. The van der Waals surface area contributed by atoms with Gasteiger partial charge in [-0.05, 0) is 50.3 Å². The fourth-order valence-corrected chi connectivity index (χ4v) is 3.87. The van der Waals surface area contributed by atoms with E-state index >= 15 is 0 Å². The second kappa shape index (κ2) is 11.3. The topological polar surface area (TPSA) is 82.5 Å². The number of benzene rings is 1. The summed E-state index contributed by atoms with van der Waals surface area (Å²) in [5.74, 6) is -0.451. The lowest BCUT2D eigenvalue weighted by molar-refractivity contribution is 0.0493. The third kappa shape index (κ3) is 5.86. The molecule has 0 bridgehead atoms. The number of hydrogen-bond acceptors (Lipinski definition) is 5. The molecule has 1 amide bonds. The van der Waals surface area contributed by atoms with E-state index in [-0.39, 0.29) is 18.5 Å². The maximum Gasteiger partial charge on any atom is 0.338 e. The first-order chi connectivity index (χ1) is 15.0. The quantitative estimate of drug-likeness (QED) is 0.538. The predicted molar refractivity (Wildman–Crippen MR) is 119 cm³/mol. The SMILES string of the molecule is CCc1nn(CCCOC(=O)c2cccc(Cl)c2C)c2c1C(=O)NCCCOCCC2. The zero-order valence-corrected chi connectivity index (χ0v) is 19.0. The van der Waals surface area contributed by atoms with Crippen LogP contribution in [0.4, 0.5) is 0 Å². The summed E-state index contributed by atoms with van der Waals surface area (Å²) in [6, 6.07) is 5.20. The van der Waals surface area contributed by atoms with E-state index in [1.165, 1.54) is 0 Å². The molecule has 1 aromatic heterocycles. The number of aryl methyl sites for hydroxylation is 2. The van der Waals surface area contributed by atoms with Crippen molar-refractivity contribution in [3.8, 4) is 0 Å². The molecule has 1 aromatic carbocycles. The Hall–Kier alpha value is -2.38. The number of amides is 1. The van der Waals surface area contributed by atoms with Gasteiger partial charge in [-0.2, -0.15) is 5.10 Å². The minimum absolute atomic E-state index is 0.0668. The highest BCUT2D eigenvalue weighted by Gasteiger charge is 2.23. The van der Waals surface area contributed by atoms with Gasteiger partial charge in [0.15, 0.2) is 0 Å². The van der Waals surface area contributed by atoms with Gasteiger partial charge in [-0.15, -0.1) is 0 Å². The van der Waals surface area contributed by atoms with Crippen LogP contribution in [0.3, 0.4) is 0 Å². The molecule has 1 aliphatic heterocycles. The van der Waals surface area contributed by atoms with E-state index in [0.717, 1.165) is 30.7 Å². The number of carbonyl (C=O) groups excluding carboxylic acids is 2. The number of halogens is 1. The number of nitrogens with zero attached hydrogens (tertiary/aromatic N) is 2. The van der Waals surface area contributed by atoms with Gasteiger partial charge >= 0.3 is 5.97 Å². The maximum absolute atomic E-state index is 12.8. The van der Waals surface area contributed by atoms with Crippen molar-refractivity contribution >= 4 is 23.5 Å². The van der Waals surface area contributed by atoms with Gasteiger partial charge in [-0.25, -0.2) is 4.79 Å². The summed E-state index contributed by atoms with van der Waals surface area (Å²) < 4.78 is 13.0. The van der Waals surface area contributed by atoms with Crippen molar-refractivity contribution in [2.45, 2.75) is 52.5 Å². The monoisotopic (exact) mass is 447 g/mol. The van der Waals surface area contributed by atoms with Gasteiger partial charge in [-0.1, -0.05) is 24.6 Å². The van der Waals surface area contributed by atoms with Crippen molar-refractivity contribution in [1.29, 1.82) is 0 Å². The van der Waals surface area contributed by atoms with E-state index in [0.29, 0.717) is 60.9 Å². The summed E-state index contributed by atoms with van der Waals surface area (Å²) in [6.45, 7) is 6.54. The molecule has 3 rings (SSSR count). The van der Waals surface area contributed by atoms with Gasteiger partial charge in [-0.3, -0.25) is 9.48 Å². The fraction of sp³-hybridized carbons (Fsp3) is 0.522. The Labute approximate surface area is 188 Å². The molecular formula is C23H30ClN3O4. The van der Waals surface area contributed by atoms with Crippen LogP contribution in [0.5, 0.6) is 0 Å². The first-order valence-electron chi connectivity index (χ1n) is 10.9. The van der Waals surface area contributed by atoms with Crippen LogP contribution in [0.1, 0.15) is 63.9 Å². The molecule has 0 unspecified atom stereocenters. The van der Waals surface area contributed by atoms with Crippen LogP contribution >= 0.6 is 11.6 Å². The standard InChI is InChI=1S/C23H30ClN3O4/c1-3-19-21-20(10-5-13-30-14-6-11-25-22(21)28)27(26-19)12-7-15-31-23(29)17-8-4-9-18(24)16(17)2/h4,8-9H,3,5-7,10-15H2,1-2H3,(H,25,28). The second-order valence-electron chi connectivity index (χ2n) is 7.57. The maximum atomic E-state index is 12.8. The first kappa shape index (κ1) is 23.3. The zero-order valence-electron chi connectivity index (χ0n) is 18.2. The summed E-state index contributed by atoms with van der Waals surface area (Å²) >= 11 is 6.09. The minimum Gasteiger partial charge on any atom is -0.462 e. The highest BCUT2D eigenvalue weighted by atomic mass is 35.5. The lowest BCUT2D eigenvalue weighted by atomic mass is 10.1. The van der Waals surface area contributed by atoms with Crippen molar-refractivity contribution in [3.05, 3.63) is 51.3 Å². The molecule has 0 atom stereocenters. The van der Waals surface area contributed by atoms with Crippen molar-refractivity contribution in [1.82, 2.24) is 15.1 Å². The Morgan fingerprint density at radius 2 is 2.13 bits per heavy atom. The van der Waals surface area contributed by atoms with Crippen LogP contribution in [0.2, 0.25) is 5.02 Å². The molecule has 7 nitrogen and oxygen atoms in total. The molecule has 1 N–H and O–H groups in total. The average molecular weight is 448 g/mol. The largest absolute Gasteiger partial charge is 0.462 e. The van der Waals surface area contributed by atoms with Crippen LogP contribution in [-0.4, -0.2) is 48.0 Å². The molecule has 0 fully saturated rings. The molecule has 0 radical (unpaired) electrons. The minimum atomic E-state index is -0.384. The molecule has 8 heteroatoms. The lowest BCUT2D eigenvalue weighted by Crippen LogP contribution is -2.26. The fourth-order valence-electron chi connectivity index (χ4n) is 3.69. The summed E-state index contributed by atoms with van der Waals surface area (Å²) in [6.07, 6.45) is 3.63. The number of esters is 1. The Kier molecular flexibility index (Phi) is 8.49. The normalized spacial score (nSPS) is 15.0. The van der Waals surface area contributed by atoms with Crippen LogP contribution in [0.25, 0.3) is 0 Å². The third-order valence-corrected chi connectivity index (χ3v) is 5.79. The van der Waals surface area contributed by atoms with Crippen molar-refractivity contribution in [2.24, 2.45) is 0 Å². The van der Waals surface area contributed by atoms with E-state index < -0.39 is 0 Å². The smallest absolute Gasteiger partial charge is 0.338 e. The van der Waals surface area contributed by atoms with E-state index in [1.807, 2.05) is 11.6 Å². The third-order valence-electron chi connectivity index (χ3n) is 5.38. The molecule has 0 saturated heterocycles. The molecular weight excluding hydrogens is 418 g/mol. The van der Waals surface area contributed by atoms with Gasteiger partial charge in [0.1, 0.15) is 0 Å². The van der Waals surface area contributed by atoms with E-state index in [4.69, 9.17) is 21.1 Å². The lowest BCUT2D eigenvalue weighted by Gasteiger charge is -2.11. The van der Waals surface area contributed by atoms with Crippen LogP contribution in [0.15, 0.2) is 18.2 Å². The number of rotatable bonds is 6. The molecule has 0 saturated carbocycles. The molecule has 0 spiro atoms. The van der Waals surface area contributed by atoms with Crippen molar-refractivity contribution < 1.29 is 19.1 Å². The van der Waals surface area contributed by atoms with Crippen LogP contribution in [0, 0.1) is 6.92 Å². The van der Waals surface area contributed by atoms with Gasteiger partial charge in [0, 0.05) is 37.7 Å². The Balaban J connectivity index is 1.66. The van der Waals surface area contributed by atoms with Crippen molar-refractivity contribution in [2.75, 3.05) is 26.4 Å². The summed E-state index contributed by atoms with van der Waals surface area (Å²) in [5.41, 5.74) is 3.61. The highest BCUT2D eigenvalue weighted by molar-refractivity contribution is 6.31. The number of aromatic nitrogens is 2. The Bertz CT molecular complexity index is 926. The summed E-state index contributed by atoms with van der Waals surface area (Å²) in [7, 11) is 0. The van der Waals surface area contributed by atoms with E-state index in [2.05, 4.69) is 10.4 Å². The molecule has 2 aromatic rings.